The van der Waals surface area contributed by atoms with Gasteiger partial charge < -0.3 is 9.80 Å². The SMILES string of the molecule is CCC(C)N(CC(=O)N1CCN(C=O)CC1)S(C)(=O)=O. The van der Waals surface area contributed by atoms with Gasteiger partial charge in [-0.1, -0.05) is 6.92 Å². The van der Waals surface area contributed by atoms with E-state index in [2.05, 4.69) is 0 Å². The fourth-order valence-corrected chi connectivity index (χ4v) is 3.26. The lowest BCUT2D eigenvalue weighted by Gasteiger charge is -2.34. The van der Waals surface area contributed by atoms with Crippen LogP contribution in [-0.2, 0) is 19.6 Å². The van der Waals surface area contributed by atoms with Crippen LogP contribution in [0, 0.1) is 0 Å². The van der Waals surface area contributed by atoms with Crippen molar-refractivity contribution in [1.29, 1.82) is 0 Å². The van der Waals surface area contributed by atoms with Crippen molar-refractivity contribution in [3.63, 3.8) is 0 Å². The van der Waals surface area contributed by atoms with Crippen LogP contribution in [0.5, 0.6) is 0 Å². The third-order valence-electron chi connectivity index (χ3n) is 3.62. The number of hydrogen-bond donors (Lipinski definition) is 0. The molecule has 7 nitrogen and oxygen atoms in total. The first-order chi connectivity index (χ1) is 9.29. The topological polar surface area (TPSA) is 78.0 Å². The first kappa shape index (κ1) is 16.9. The van der Waals surface area contributed by atoms with Crippen molar-refractivity contribution in [1.82, 2.24) is 14.1 Å². The quantitative estimate of drug-likeness (QED) is 0.611. The molecule has 116 valence electrons. The van der Waals surface area contributed by atoms with Crippen molar-refractivity contribution < 1.29 is 18.0 Å². The van der Waals surface area contributed by atoms with Crippen molar-refractivity contribution in [3.8, 4) is 0 Å². The summed E-state index contributed by atoms with van der Waals surface area (Å²) in [7, 11) is -3.41. The Morgan fingerprint density at radius 2 is 1.85 bits per heavy atom. The van der Waals surface area contributed by atoms with Crippen LogP contribution in [0.15, 0.2) is 0 Å². The molecule has 0 radical (unpaired) electrons. The van der Waals surface area contributed by atoms with E-state index in [0.717, 1.165) is 12.7 Å². The average molecular weight is 305 g/mol. The summed E-state index contributed by atoms with van der Waals surface area (Å²) >= 11 is 0. The van der Waals surface area contributed by atoms with Gasteiger partial charge in [-0.25, -0.2) is 8.42 Å². The Labute approximate surface area is 120 Å². The molecule has 20 heavy (non-hydrogen) atoms. The summed E-state index contributed by atoms with van der Waals surface area (Å²) < 4.78 is 24.7. The van der Waals surface area contributed by atoms with Crippen LogP contribution in [0.4, 0.5) is 0 Å². The highest BCUT2D eigenvalue weighted by Crippen LogP contribution is 2.10. The second kappa shape index (κ2) is 7.03. The number of hydrogen-bond acceptors (Lipinski definition) is 4. The van der Waals surface area contributed by atoms with Crippen LogP contribution in [0.2, 0.25) is 0 Å². The average Bonchev–Trinajstić information content (AvgIpc) is 2.42. The van der Waals surface area contributed by atoms with Gasteiger partial charge in [-0.15, -0.1) is 0 Å². The molecule has 0 aliphatic carbocycles. The molecule has 1 aliphatic heterocycles. The lowest BCUT2D eigenvalue weighted by molar-refractivity contribution is -0.135. The van der Waals surface area contributed by atoms with Crippen LogP contribution in [0.3, 0.4) is 0 Å². The molecular formula is C12H23N3O4S. The molecule has 1 heterocycles. The largest absolute Gasteiger partial charge is 0.342 e. The summed E-state index contributed by atoms with van der Waals surface area (Å²) in [5.41, 5.74) is 0. The first-order valence-corrected chi connectivity index (χ1v) is 8.58. The van der Waals surface area contributed by atoms with E-state index >= 15 is 0 Å². The zero-order valence-corrected chi connectivity index (χ0v) is 13.1. The van der Waals surface area contributed by atoms with Gasteiger partial charge in [-0.05, 0) is 13.3 Å². The molecule has 1 atom stereocenters. The molecule has 0 bridgehead atoms. The van der Waals surface area contributed by atoms with Crippen molar-refractivity contribution in [2.24, 2.45) is 0 Å². The predicted molar refractivity (Wildman–Crippen MR) is 75.5 cm³/mol. The predicted octanol–water partition coefficient (Wildman–Crippen LogP) is -0.653. The van der Waals surface area contributed by atoms with Crippen LogP contribution in [0.1, 0.15) is 20.3 Å². The summed E-state index contributed by atoms with van der Waals surface area (Å²) in [5, 5.41) is 0. The molecule has 0 N–H and O–H groups in total. The fraction of sp³-hybridized carbons (Fsp3) is 0.833. The van der Waals surface area contributed by atoms with E-state index in [4.69, 9.17) is 0 Å². The molecule has 1 rings (SSSR count). The minimum absolute atomic E-state index is 0.130. The number of rotatable bonds is 6. The maximum Gasteiger partial charge on any atom is 0.238 e. The van der Waals surface area contributed by atoms with Gasteiger partial charge in [-0.3, -0.25) is 9.59 Å². The van der Waals surface area contributed by atoms with Gasteiger partial charge >= 0.3 is 0 Å². The van der Waals surface area contributed by atoms with E-state index in [9.17, 15) is 18.0 Å². The van der Waals surface area contributed by atoms with Gasteiger partial charge in [-0.2, -0.15) is 4.31 Å². The number of carbonyl (C=O) groups is 2. The Morgan fingerprint density at radius 3 is 2.25 bits per heavy atom. The second-order valence-corrected chi connectivity index (χ2v) is 7.02. The summed E-state index contributed by atoms with van der Waals surface area (Å²) in [5.74, 6) is -0.207. The monoisotopic (exact) mass is 305 g/mol. The van der Waals surface area contributed by atoms with Crippen LogP contribution in [-0.4, -0.2) is 79.9 Å². The van der Waals surface area contributed by atoms with E-state index in [0.29, 0.717) is 32.6 Å². The molecule has 2 amide bonds. The van der Waals surface area contributed by atoms with Gasteiger partial charge in [0.1, 0.15) is 0 Å². The second-order valence-electron chi connectivity index (χ2n) is 5.09. The summed E-state index contributed by atoms with van der Waals surface area (Å²) in [6.07, 6.45) is 2.54. The zero-order chi connectivity index (χ0) is 15.3. The lowest BCUT2D eigenvalue weighted by atomic mass is 10.2. The fourth-order valence-electron chi connectivity index (χ4n) is 2.11. The summed E-state index contributed by atoms with van der Waals surface area (Å²) in [6, 6.07) is -0.204. The minimum Gasteiger partial charge on any atom is -0.342 e. The molecule has 0 saturated carbocycles. The minimum atomic E-state index is -3.41. The van der Waals surface area contributed by atoms with Crippen LogP contribution >= 0.6 is 0 Å². The smallest absolute Gasteiger partial charge is 0.238 e. The Kier molecular flexibility index (Phi) is 5.94. The van der Waals surface area contributed by atoms with E-state index in [-0.39, 0.29) is 18.5 Å². The third kappa shape index (κ3) is 4.45. The van der Waals surface area contributed by atoms with Gasteiger partial charge in [0.15, 0.2) is 0 Å². The van der Waals surface area contributed by atoms with Gasteiger partial charge in [0.2, 0.25) is 22.3 Å². The molecule has 1 saturated heterocycles. The molecule has 0 aromatic carbocycles. The Morgan fingerprint density at radius 1 is 1.30 bits per heavy atom. The van der Waals surface area contributed by atoms with E-state index < -0.39 is 10.0 Å². The molecule has 0 spiro atoms. The molecule has 1 aliphatic rings. The first-order valence-electron chi connectivity index (χ1n) is 6.73. The highest BCUT2D eigenvalue weighted by atomic mass is 32.2. The molecular weight excluding hydrogens is 282 g/mol. The lowest BCUT2D eigenvalue weighted by Crippen LogP contribution is -2.52. The van der Waals surface area contributed by atoms with Crippen LogP contribution < -0.4 is 0 Å². The standard InChI is InChI=1S/C12H23N3O4S/c1-4-11(2)15(20(3,18)19)9-12(17)14-7-5-13(10-16)6-8-14/h10-11H,4-9H2,1-3H3. The van der Waals surface area contributed by atoms with Crippen molar-refractivity contribution in [2.45, 2.75) is 26.3 Å². The Balaban J connectivity index is 2.66. The van der Waals surface area contributed by atoms with Gasteiger partial charge in [0.05, 0.1) is 12.8 Å². The van der Waals surface area contributed by atoms with Crippen LogP contribution in [0.25, 0.3) is 0 Å². The maximum absolute atomic E-state index is 12.2. The number of nitrogens with zero attached hydrogens (tertiary/aromatic N) is 3. The summed E-state index contributed by atoms with van der Waals surface area (Å²) in [4.78, 5) is 26.0. The molecule has 1 fully saturated rings. The maximum atomic E-state index is 12.2. The summed E-state index contributed by atoms with van der Waals surface area (Å²) in [6.45, 7) is 5.45. The zero-order valence-electron chi connectivity index (χ0n) is 12.3. The Hall–Kier alpha value is -1.15. The van der Waals surface area contributed by atoms with Crippen molar-refractivity contribution in [2.75, 3.05) is 39.0 Å². The Bertz CT molecular complexity index is 444. The van der Waals surface area contributed by atoms with E-state index in [1.54, 1.807) is 16.7 Å². The van der Waals surface area contributed by atoms with Crippen molar-refractivity contribution in [3.05, 3.63) is 0 Å². The van der Waals surface area contributed by atoms with Gasteiger partial charge in [0.25, 0.3) is 0 Å². The highest BCUT2D eigenvalue weighted by Gasteiger charge is 2.28. The number of sulfonamides is 1. The highest BCUT2D eigenvalue weighted by molar-refractivity contribution is 7.88. The molecule has 0 aromatic rings. The molecule has 8 heteroatoms. The van der Waals surface area contributed by atoms with Crippen molar-refractivity contribution >= 4 is 22.3 Å². The molecule has 0 aromatic heterocycles. The van der Waals surface area contributed by atoms with E-state index in [1.165, 1.54) is 4.31 Å². The third-order valence-corrected chi connectivity index (χ3v) is 4.96. The molecule has 1 unspecified atom stereocenters. The normalized spacial score (nSPS) is 18.2. The van der Waals surface area contributed by atoms with E-state index in [1.807, 2.05) is 6.92 Å². The number of piperazine rings is 1. The number of amides is 2. The van der Waals surface area contributed by atoms with Gasteiger partial charge in [0, 0.05) is 32.2 Å². The number of carbonyl (C=O) groups excluding carboxylic acids is 2.